The molecule has 2 aromatic carbocycles. The van der Waals surface area contributed by atoms with Crippen LogP contribution in [-0.4, -0.2) is 53.7 Å². The Labute approximate surface area is 200 Å². The summed E-state index contributed by atoms with van der Waals surface area (Å²) in [5.41, 5.74) is 4.90. The fourth-order valence-corrected chi connectivity index (χ4v) is 4.76. The first-order valence-electron chi connectivity index (χ1n) is 11.5. The highest BCUT2D eigenvalue weighted by Crippen LogP contribution is 2.41. The summed E-state index contributed by atoms with van der Waals surface area (Å²) in [7, 11) is 3.35. The van der Waals surface area contributed by atoms with E-state index in [1.54, 1.807) is 20.4 Å². The molecule has 1 unspecified atom stereocenters. The first-order chi connectivity index (χ1) is 16.7. The molecule has 0 spiro atoms. The predicted octanol–water partition coefficient (Wildman–Crippen LogP) is 4.58. The molecule has 1 atom stereocenters. The normalized spacial score (nSPS) is 15.9. The Morgan fingerprint density at radius 3 is 2.59 bits per heavy atom. The molecule has 34 heavy (non-hydrogen) atoms. The molecule has 0 aliphatic carbocycles. The number of methoxy groups -OCH3 is 2. The average molecular weight is 462 g/mol. The Morgan fingerprint density at radius 1 is 1.09 bits per heavy atom. The van der Waals surface area contributed by atoms with Crippen molar-refractivity contribution >= 4 is 6.21 Å². The van der Waals surface area contributed by atoms with E-state index in [0.29, 0.717) is 0 Å². The molecule has 1 aliphatic rings. The first kappa shape index (κ1) is 23.6. The van der Waals surface area contributed by atoms with E-state index in [1.165, 1.54) is 16.7 Å². The Hall–Kier alpha value is -3.58. The molecular formula is C27H31N3O4. The van der Waals surface area contributed by atoms with Gasteiger partial charge in [-0.2, -0.15) is 0 Å². The fourth-order valence-electron chi connectivity index (χ4n) is 4.76. The lowest BCUT2D eigenvalue weighted by atomic mass is 9.87. The minimum absolute atomic E-state index is 0.0791. The van der Waals surface area contributed by atoms with Crippen molar-refractivity contribution in [2.45, 2.75) is 31.7 Å². The Balaban J connectivity index is 1.51. The number of rotatable bonds is 9. The van der Waals surface area contributed by atoms with Gasteiger partial charge >= 0.3 is 0 Å². The third kappa shape index (κ3) is 4.99. The standard InChI is InChI=1S/C27H31N3O4/c1-33-24-16-21-12-15-30(14-7-6-10-20-11-13-28-23(18-29-32)27(20)31)26(19-8-4-3-5-9-19)22(21)17-25(24)34-2/h3-5,8-9,11,13,16-18,26,31-32H,6-7,10,12,14-15H2,1-2H3/b29-18+. The molecule has 2 heterocycles. The number of nitrogens with zero attached hydrogens (tertiary/aromatic N) is 3. The highest BCUT2D eigenvalue weighted by atomic mass is 16.5. The van der Waals surface area contributed by atoms with Crippen molar-refractivity contribution in [3.05, 3.63) is 82.7 Å². The molecule has 1 aliphatic heterocycles. The highest BCUT2D eigenvalue weighted by Gasteiger charge is 2.30. The molecule has 3 aromatic rings. The summed E-state index contributed by atoms with van der Waals surface area (Å²) in [5, 5.41) is 22.1. The lowest BCUT2D eigenvalue weighted by Crippen LogP contribution is -2.37. The van der Waals surface area contributed by atoms with Crippen LogP contribution in [0.1, 0.15) is 46.8 Å². The van der Waals surface area contributed by atoms with E-state index in [4.69, 9.17) is 14.7 Å². The largest absolute Gasteiger partial charge is 0.505 e. The third-order valence-corrected chi connectivity index (χ3v) is 6.45. The van der Waals surface area contributed by atoms with Gasteiger partial charge in [-0.25, -0.2) is 0 Å². The number of oxime groups is 1. The number of unbranched alkanes of at least 4 members (excludes halogenated alkanes) is 1. The van der Waals surface area contributed by atoms with E-state index >= 15 is 0 Å². The number of aromatic hydroxyl groups is 1. The van der Waals surface area contributed by atoms with Crippen molar-refractivity contribution in [3.8, 4) is 17.2 Å². The van der Waals surface area contributed by atoms with Crippen LogP contribution >= 0.6 is 0 Å². The lowest BCUT2D eigenvalue weighted by Gasteiger charge is -2.38. The van der Waals surface area contributed by atoms with Crippen LogP contribution in [0.25, 0.3) is 0 Å². The summed E-state index contributed by atoms with van der Waals surface area (Å²) >= 11 is 0. The zero-order valence-electron chi connectivity index (χ0n) is 19.6. The van der Waals surface area contributed by atoms with Crippen LogP contribution in [0.5, 0.6) is 17.2 Å². The molecular weight excluding hydrogens is 430 g/mol. The summed E-state index contributed by atoms with van der Waals surface area (Å²) in [4.78, 5) is 6.56. The Kier molecular flexibility index (Phi) is 7.65. The Morgan fingerprint density at radius 2 is 1.85 bits per heavy atom. The van der Waals surface area contributed by atoms with Gasteiger partial charge in [-0.05, 0) is 72.7 Å². The monoisotopic (exact) mass is 461 g/mol. The van der Waals surface area contributed by atoms with E-state index in [1.807, 2.05) is 12.1 Å². The second-order valence-corrected chi connectivity index (χ2v) is 8.41. The van der Waals surface area contributed by atoms with Crippen molar-refractivity contribution in [2.24, 2.45) is 5.16 Å². The number of aromatic nitrogens is 1. The van der Waals surface area contributed by atoms with Crippen molar-refractivity contribution in [2.75, 3.05) is 27.3 Å². The van der Waals surface area contributed by atoms with Gasteiger partial charge < -0.3 is 19.8 Å². The SMILES string of the molecule is COc1cc2c(cc1OC)C(c1ccccc1)N(CCCCc1ccnc(/C=N/O)c1O)CC2. The Bertz CT molecular complexity index is 1130. The van der Waals surface area contributed by atoms with Crippen LogP contribution in [0.15, 0.2) is 59.9 Å². The number of aryl methyl sites for hydroxylation is 1. The van der Waals surface area contributed by atoms with Gasteiger partial charge in [-0.15, -0.1) is 0 Å². The summed E-state index contributed by atoms with van der Waals surface area (Å²) in [6.45, 7) is 1.89. The third-order valence-electron chi connectivity index (χ3n) is 6.45. The topological polar surface area (TPSA) is 87.4 Å². The molecule has 0 fully saturated rings. The van der Waals surface area contributed by atoms with Gasteiger partial charge in [0.05, 0.1) is 26.5 Å². The second kappa shape index (κ2) is 11.0. The molecule has 1 aromatic heterocycles. The summed E-state index contributed by atoms with van der Waals surface area (Å²) in [6.07, 6.45) is 6.36. The van der Waals surface area contributed by atoms with E-state index in [9.17, 15) is 5.11 Å². The van der Waals surface area contributed by atoms with E-state index in [2.05, 4.69) is 51.4 Å². The number of pyridine rings is 1. The smallest absolute Gasteiger partial charge is 0.161 e. The van der Waals surface area contributed by atoms with Gasteiger partial charge in [0.1, 0.15) is 11.4 Å². The maximum absolute atomic E-state index is 10.4. The molecule has 7 heteroatoms. The number of fused-ring (bicyclic) bond motifs is 1. The van der Waals surface area contributed by atoms with E-state index < -0.39 is 0 Å². The molecule has 0 bridgehead atoms. The summed E-state index contributed by atoms with van der Waals surface area (Å²) in [5.74, 6) is 1.60. The quantitative estimate of drug-likeness (QED) is 0.210. The minimum Gasteiger partial charge on any atom is -0.505 e. The van der Waals surface area contributed by atoms with Crippen LogP contribution in [0, 0.1) is 0 Å². The van der Waals surface area contributed by atoms with Crippen molar-refractivity contribution in [1.29, 1.82) is 0 Å². The number of benzene rings is 2. The second-order valence-electron chi connectivity index (χ2n) is 8.41. The van der Waals surface area contributed by atoms with Gasteiger partial charge in [-0.3, -0.25) is 9.88 Å². The van der Waals surface area contributed by atoms with Crippen LogP contribution in [-0.2, 0) is 12.8 Å². The predicted molar refractivity (Wildman–Crippen MR) is 131 cm³/mol. The zero-order chi connectivity index (χ0) is 23.9. The maximum atomic E-state index is 10.4. The van der Waals surface area contributed by atoms with Crippen LogP contribution < -0.4 is 9.47 Å². The minimum atomic E-state index is 0.0791. The number of hydrogen-bond donors (Lipinski definition) is 2. The molecule has 0 saturated heterocycles. The van der Waals surface area contributed by atoms with Crippen molar-refractivity contribution < 1.29 is 19.8 Å². The average Bonchev–Trinajstić information content (AvgIpc) is 2.88. The van der Waals surface area contributed by atoms with Gasteiger partial charge in [0.25, 0.3) is 0 Å². The van der Waals surface area contributed by atoms with Gasteiger partial charge in [0.15, 0.2) is 11.5 Å². The summed E-state index contributed by atoms with van der Waals surface area (Å²) in [6, 6.07) is 16.8. The molecule has 178 valence electrons. The van der Waals surface area contributed by atoms with E-state index in [0.717, 1.165) is 62.0 Å². The van der Waals surface area contributed by atoms with E-state index in [-0.39, 0.29) is 17.5 Å². The molecule has 2 N–H and O–H groups in total. The van der Waals surface area contributed by atoms with Gasteiger partial charge in [0.2, 0.25) is 0 Å². The van der Waals surface area contributed by atoms with Crippen LogP contribution in [0.3, 0.4) is 0 Å². The zero-order valence-corrected chi connectivity index (χ0v) is 19.6. The van der Waals surface area contributed by atoms with Crippen molar-refractivity contribution in [3.63, 3.8) is 0 Å². The number of ether oxygens (including phenoxy) is 2. The fraction of sp³-hybridized carbons (Fsp3) is 0.333. The lowest BCUT2D eigenvalue weighted by molar-refractivity contribution is 0.208. The molecule has 7 nitrogen and oxygen atoms in total. The maximum Gasteiger partial charge on any atom is 0.161 e. The molecule has 0 radical (unpaired) electrons. The number of hydrogen-bond acceptors (Lipinski definition) is 7. The molecule has 0 saturated carbocycles. The van der Waals surface area contributed by atoms with Gasteiger partial charge in [0, 0.05) is 12.7 Å². The molecule has 4 rings (SSSR count). The van der Waals surface area contributed by atoms with Crippen molar-refractivity contribution in [1.82, 2.24) is 9.88 Å². The summed E-state index contributed by atoms with van der Waals surface area (Å²) < 4.78 is 11.1. The van der Waals surface area contributed by atoms with Gasteiger partial charge in [-0.1, -0.05) is 35.5 Å². The highest BCUT2D eigenvalue weighted by molar-refractivity contribution is 5.80. The van der Waals surface area contributed by atoms with Crippen LogP contribution in [0.4, 0.5) is 0 Å². The first-order valence-corrected chi connectivity index (χ1v) is 11.5. The molecule has 0 amide bonds. The van der Waals surface area contributed by atoms with Crippen LogP contribution in [0.2, 0.25) is 0 Å².